The number of unbranched alkanes of at least 4 members (excludes halogenated alkanes) is 2. The van der Waals surface area contributed by atoms with Crippen LogP contribution in [0.3, 0.4) is 0 Å². The lowest BCUT2D eigenvalue weighted by Crippen LogP contribution is -2.31. The van der Waals surface area contributed by atoms with E-state index in [0.29, 0.717) is 24.5 Å². The molecule has 5 heteroatoms. The summed E-state index contributed by atoms with van der Waals surface area (Å²) in [6.45, 7) is 11.6. The third kappa shape index (κ3) is 5.88. The fourth-order valence-electron chi connectivity index (χ4n) is 4.24. The summed E-state index contributed by atoms with van der Waals surface area (Å²) in [7, 11) is 0. The van der Waals surface area contributed by atoms with Gasteiger partial charge in [-0.25, -0.2) is 4.79 Å². The minimum Gasteiger partial charge on any atom is -0.507 e. The lowest BCUT2D eigenvalue weighted by atomic mass is 9.73. The fourth-order valence-corrected chi connectivity index (χ4v) is 4.24. The number of benzene rings is 1. The number of aromatic hydroxyl groups is 1. The zero-order valence-electron chi connectivity index (χ0n) is 18.5. The second-order valence-electron chi connectivity index (χ2n) is 8.74. The van der Waals surface area contributed by atoms with Crippen LogP contribution in [0.4, 0.5) is 4.79 Å². The highest BCUT2D eigenvalue weighted by atomic mass is 16.6. The Bertz CT molecular complexity index is 810. The number of rotatable bonds is 9. The van der Waals surface area contributed by atoms with E-state index in [4.69, 9.17) is 9.47 Å². The van der Waals surface area contributed by atoms with Crippen molar-refractivity contribution >= 4 is 6.09 Å². The van der Waals surface area contributed by atoms with Crippen LogP contribution < -0.4 is 10.1 Å². The normalized spacial score (nSPS) is 22.9. The number of aryl methyl sites for hydroxylation is 1. The lowest BCUT2D eigenvalue weighted by molar-refractivity contribution is 0.198. The molecular weight excluding hydrogens is 378 g/mol. The van der Waals surface area contributed by atoms with Gasteiger partial charge in [-0.15, -0.1) is 0 Å². The average Bonchev–Trinajstić information content (AvgIpc) is 3.50. The van der Waals surface area contributed by atoms with E-state index in [1.807, 2.05) is 19.1 Å². The van der Waals surface area contributed by atoms with Gasteiger partial charge in [0.05, 0.1) is 12.7 Å². The van der Waals surface area contributed by atoms with Gasteiger partial charge in [0.15, 0.2) is 0 Å². The smallest absolute Gasteiger partial charge is 0.412 e. The van der Waals surface area contributed by atoms with Crippen molar-refractivity contribution in [3.8, 4) is 11.5 Å². The summed E-state index contributed by atoms with van der Waals surface area (Å²) in [6, 6.07) is 3.76. The number of phenolic OH excluding ortho intramolecular Hbond substituents is 1. The van der Waals surface area contributed by atoms with Crippen molar-refractivity contribution in [1.82, 2.24) is 5.32 Å². The molecule has 164 valence electrons. The number of hydrogen-bond acceptors (Lipinski definition) is 4. The van der Waals surface area contributed by atoms with Gasteiger partial charge in [0.1, 0.15) is 11.5 Å². The van der Waals surface area contributed by atoms with Crippen molar-refractivity contribution in [1.29, 1.82) is 0 Å². The van der Waals surface area contributed by atoms with Crippen LogP contribution in [0, 0.1) is 5.92 Å². The summed E-state index contributed by atoms with van der Waals surface area (Å²) in [5, 5.41) is 13.8. The molecule has 0 radical (unpaired) electrons. The van der Waals surface area contributed by atoms with Gasteiger partial charge in [0.25, 0.3) is 0 Å². The minimum absolute atomic E-state index is 0.0597. The molecule has 1 aromatic rings. The first kappa shape index (κ1) is 22.4. The van der Waals surface area contributed by atoms with Crippen molar-refractivity contribution < 1.29 is 19.4 Å². The summed E-state index contributed by atoms with van der Waals surface area (Å²) in [5.41, 5.74) is 4.03. The molecule has 1 aromatic carbocycles. The van der Waals surface area contributed by atoms with Crippen molar-refractivity contribution in [3.63, 3.8) is 0 Å². The molecule has 5 nitrogen and oxygen atoms in total. The van der Waals surface area contributed by atoms with Gasteiger partial charge in [-0.2, -0.15) is 0 Å². The second kappa shape index (κ2) is 10.2. The summed E-state index contributed by atoms with van der Waals surface area (Å²) in [4.78, 5) is 12.4. The number of epoxide rings is 1. The lowest BCUT2D eigenvalue weighted by Gasteiger charge is -2.32. The van der Waals surface area contributed by atoms with Gasteiger partial charge in [-0.3, -0.25) is 0 Å². The predicted octanol–water partition coefficient (Wildman–Crippen LogP) is 5.63. The standard InChI is InChI=1S/C25H35NO4/c1-5-6-7-8-18-12-22(27)24(21-11-17(4)9-10-20(21)16(2)3)23(13-18)30-25(28)26-14-19-15-29-19/h11-13,19-21,27H,2,5-10,14-15H2,1,3-4H3,(H,26,28)/t19?,20-,21+/m0/s1. The van der Waals surface area contributed by atoms with E-state index in [2.05, 4.69) is 31.8 Å². The summed E-state index contributed by atoms with van der Waals surface area (Å²) >= 11 is 0. The van der Waals surface area contributed by atoms with Gasteiger partial charge in [-0.1, -0.05) is 43.6 Å². The number of amides is 1. The third-order valence-electron chi connectivity index (χ3n) is 6.04. The Morgan fingerprint density at radius 2 is 2.13 bits per heavy atom. The molecule has 0 saturated carbocycles. The van der Waals surface area contributed by atoms with Crippen LogP contribution in [-0.2, 0) is 11.2 Å². The highest BCUT2D eigenvalue weighted by Crippen LogP contribution is 2.47. The van der Waals surface area contributed by atoms with Crippen LogP contribution in [-0.4, -0.2) is 30.5 Å². The first-order valence-electron chi connectivity index (χ1n) is 11.1. The summed E-state index contributed by atoms with van der Waals surface area (Å²) in [6.07, 6.45) is 7.90. The zero-order valence-corrected chi connectivity index (χ0v) is 18.5. The van der Waals surface area contributed by atoms with Crippen molar-refractivity contribution in [3.05, 3.63) is 47.1 Å². The molecule has 0 aromatic heterocycles. The van der Waals surface area contributed by atoms with E-state index < -0.39 is 6.09 Å². The minimum atomic E-state index is -0.514. The fraction of sp³-hybridized carbons (Fsp3) is 0.560. The first-order chi connectivity index (χ1) is 14.4. The highest BCUT2D eigenvalue weighted by Gasteiger charge is 2.31. The highest BCUT2D eigenvalue weighted by molar-refractivity contribution is 5.72. The number of allylic oxidation sites excluding steroid dienone is 3. The largest absolute Gasteiger partial charge is 0.507 e. The van der Waals surface area contributed by atoms with Gasteiger partial charge >= 0.3 is 6.09 Å². The summed E-state index contributed by atoms with van der Waals surface area (Å²) < 4.78 is 10.9. The van der Waals surface area contributed by atoms with E-state index in [0.717, 1.165) is 49.7 Å². The molecule has 3 rings (SSSR count). The molecule has 1 saturated heterocycles. The van der Waals surface area contributed by atoms with Gasteiger partial charge in [-0.05, 0) is 63.1 Å². The molecule has 3 atom stereocenters. The van der Waals surface area contributed by atoms with E-state index >= 15 is 0 Å². The van der Waals surface area contributed by atoms with E-state index in [1.54, 1.807) is 0 Å². The molecule has 1 fully saturated rings. The Kier molecular flexibility index (Phi) is 7.59. The predicted molar refractivity (Wildman–Crippen MR) is 119 cm³/mol. The Hall–Kier alpha value is -2.27. The van der Waals surface area contributed by atoms with E-state index in [9.17, 15) is 9.90 Å². The molecule has 30 heavy (non-hydrogen) atoms. The van der Waals surface area contributed by atoms with Crippen LogP contribution in [0.1, 0.15) is 69.9 Å². The van der Waals surface area contributed by atoms with Crippen molar-refractivity contribution in [2.75, 3.05) is 13.2 Å². The van der Waals surface area contributed by atoms with E-state index in [-0.39, 0.29) is 23.7 Å². The molecule has 1 unspecified atom stereocenters. The number of carbonyl (C=O) groups excluding carboxylic acids is 1. The molecule has 0 spiro atoms. The first-order valence-corrected chi connectivity index (χ1v) is 11.1. The van der Waals surface area contributed by atoms with Gasteiger partial charge in [0, 0.05) is 18.0 Å². The van der Waals surface area contributed by atoms with Gasteiger partial charge < -0.3 is 19.9 Å². The maximum atomic E-state index is 12.4. The number of hydrogen-bond donors (Lipinski definition) is 2. The Balaban J connectivity index is 1.92. The van der Waals surface area contributed by atoms with Gasteiger partial charge in [0.2, 0.25) is 0 Å². The van der Waals surface area contributed by atoms with E-state index in [1.165, 1.54) is 5.57 Å². The second-order valence-corrected chi connectivity index (χ2v) is 8.74. The molecular formula is C25H35NO4. The molecule has 1 aliphatic heterocycles. The number of nitrogens with one attached hydrogen (secondary N) is 1. The Morgan fingerprint density at radius 3 is 2.80 bits per heavy atom. The maximum absolute atomic E-state index is 12.4. The van der Waals surface area contributed by atoms with Crippen LogP contribution in [0.25, 0.3) is 0 Å². The zero-order chi connectivity index (χ0) is 21.7. The molecule has 1 amide bonds. The number of ether oxygens (including phenoxy) is 2. The number of carbonyl (C=O) groups is 1. The van der Waals surface area contributed by atoms with Crippen LogP contribution in [0.5, 0.6) is 11.5 Å². The SMILES string of the molecule is C=C(C)[C@@H]1CCC(C)=C[C@H]1c1c(O)cc(CCCCC)cc1OC(=O)NCC1CO1. The molecule has 0 bridgehead atoms. The topological polar surface area (TPSA) is 71.1 Å². The molecule has 1 heterocycles. The number of phenols is 1. The monoisotopic (exact) mass is 413 g/mol. The Labute approximate surface area is 180 Å². The Morgan fingerprint density at radius 1 is 1.37 bits per heavy atom. The molecule has 2 N–H and O–H groups in total. The quantitative estimate of drug-likeness (QED) is 0.313. The van der Waals surface area contributed by atoms with Crippen LogP contribution in [0.15, 0.2) is 35.9 Å². The average molecular weight is 414 g/mol. The van der Waals surface area contributed by atoms with Crippen molar-refractivity contribution in [2.45, 2.75) is 71.3 Å². The van der Waals surface area contributed by atoms with Crippen molar-refractivity contribution in [2.24, 2.45) is 5.92 Å². The summed E-state index contributed by atoms with van der Waals surface area (Å²) in [5.74, 6) is 0.781. The molecule has 1 aliphatic carbocycles. The third-order valence-corrected chi connectivity index (χ3v) is 6.04. The molecule has 2 aliphatic rings. The van der Waals surface area contributed by atoms with Crippen LogP contribution >= 0.6 is 0 Å². The van der Waals surface area contributed by atoms with Crippen LogP contribution in [0.2, 0.25) is 0 Å². The maximum Gasteiger partial charge on any atom is 0.412 e.